The van der Waals surface area contributed by atoms with Crippen molar-refractivity contribution in [1.29, 1.82) is 0 Å². The summed E-state index contributed by atoms with van der Waals surface area (Å²) >= 11 is 1.73. The first-order valence-electron chi connectivity index (χ1n) is 6.59. The molecule has 0 aromatic carbocycles. The van der Waals surface area contributed by atoms with Crippen LogP contribution in [0.1, 0.15) is 16.8 Å². The van der Waals surface area contributed by atoms with E-state index in [4.69, 9.17) is 0 Å². The van der Waals surface area contributed by atoms with Crippen molar-refractivity contribution in [2.45, 2.75) is 26.8 Å². The Balaban J connectivity index is 1.75. The molecule has 0 amide bonds. The number of nitrogens with zero attached hydrogens (tertiary/aromatic N) is 5. The molecule has 0 radical (unpaired) electrons. The molecule has 0 saturated carbocycles. The molecule has 7 heteroatoms. The third-order valence-electron chi connectivity index (χ3n) is 3.06. The lowest BCUT2D eigenvalue weighted by Crippen LogP contribution is -2.08. The van der Waals surface area contributed by atoms with Gasteiger partial charge in [0.25, 0.3) is 0 Å². The lowest BCUT2D eigenvalue weighted by atomic mass is 10.3. The number of thiazole rings is 1. The Morgan fingerprint density at radius 1 is 1.25 bits per heavy atom. The van der Waals surface area contributed by atoms with Crippen molar-refractivity contribution >= 4 is 28.2 Å². The van der Waals surface area contributed by atoms with Gasteiger partial charge in [0.1, 0.15) is 17.4 Å². The molecule has 1 N–H and O–H groups in total. The van der Waals surface area contributed by atoms with E-state index < -0.39 is 0 Å². The van der Waals surface area contributed by atoms with Gasteiger partial charge in [0.15, 0.2) is 5.82 Å². The molecule has 0 spiro atoms. The fourth-order valence-corrected chi connectivity index (χ4v) is 2.91. The van der Waals surface area contributed by atoms with Gasteiger partial charge in [-0.3, -0.25) is 4.68 Å². The number of nitrogens with one attached hydrogen (secondary N) is 1. The molecule has 0 fully saturated rings. The largest absolute Gasteiger partial charge is 0.368 e. The summed E-state index contributed by atoms with van der Waals surface area (Å²) in [6, 6.07) is 0. The van der Waals surface area contributed by atoms with Gasteiger partial charge < -0.3 is 5.32 Å². The van der Waals surface area contributed by atoms with Gasteiger partial charge in [-0.1, -0.05) is 0 Å². The molecular formula is C13H16N6S. The number of fused-ring (bicyclic) bond motifs is 1. The number of rotatable bonds is 5. The van der Waals surface area contributed by atoms with Crippen LogP contribution in [-0.2, 0) is 13.0 Å². The second kappa shape index (κ2) is 5.54. The molecule has 0 aliphatic rings. The Kier molecular flexibility index (Phi) is 3.60. The van der Waals surface area contributed by atoms with Gasteiger partial charge in [0.2, 0.25) is 0 Å². The standard InChI is InChI=1S/C13H16N6S/c1-3-19-12-11(7-18-19)16-8-17-13(12)14-5-4-10-6-15-9(2)20-10/h6-8H,3-5H2,1-2H3,(H,14,16,17). The molecule has 20 heavy (non-hydrogen) atoms. The van der Waals surface area contributed by atoms with Crippen molar-refractivity contribution in [2.75, 3.05) is 11.9 Å². The summed E-state index contributed by atoms with van der Waals surface area (Å²) in [5, 5.41) is 8.79. The second-order valence-electron chi connectivity index (χ2n) is 4.44. The Labute approximate surface area is 120 Å². The van der Waals surface area contributed by atoms with Crippen LogP contribution in [-0.4, -0.2) is 31.3 Å². The van der Waals surface area contributed by atoms with Gasteiger partial charge in [-0.05, 0) is 13.8 Å². The topological polar surface area (TPSA) is 68.5 Å². The summed E-state index contributed by atoms with van der Waals surface area (Å²) in [5.74, 6) is 0.843. The van der Waals surface area contributed by atoms with Gasteiger partial charge in [0, 0.05) is 30.6 Å². The molecule has 0 aliphatic carbocycles. The third kappa shape index (κ3) is 2.49. The third-order valence-corrected chi connectivity index (χ3v) is 4.03. The highest BCUT2D eigenvalue weighted by Crippen LogP contribution is 2.19. The fourth-order valence-electron chi connectivity index (χ4n) is 2.12. The van der Waals surface area contributed by atoms with E-state index in [1.165, 1.54) is 4.88 Å². The Morgan fingerprint density at radius 2 is 2.15 bits per heavy atom. The molecule has 0 unspecified atom stereocenters. The zero-order valence-electron chi connectivity index (χ0n) is 11.5. The Bertz CT molecular complexity index is 717. The molecule has 0 bridgehead atoms. The van der Waals surface area contributed by atoms with Crippen LogP contribution >= 0.6 is 11.3 Å². The van der Waals surface area contributed by atoms with Crippen molar-refractivity contribution in [3.63, 3.8) is 0 Å². The van der Waals surface area contributed by atoms with E-state index in [0.717, 1.165) is 41.4 Å². The van der Waals surface area contributed by atoms with Crippen molar-refractivity contribution in [3.05, 3.63) is 28.6 Å². The predicted molar refractivity (Wildman–Crippen MR) is 80.0 cm³/mol. The normalized spacial score (nSPS) is 11.1. The number of hydrogen-bond acceptors (Lipinski definition) is 6. The van der Waals surface area contributed by atoms with Crippen molar-refractivity contribution in [2.24, 2.45) is 0 Å². The van der Waals surface area contributed by atoms with Crippen LogP contribution < -0.4 is 5.32 Å². The second-order valence-corrected chi connectivity index (χ2v) is 5.76. The van der Waals surface area contributed by atoms with Crippen LogP contribution in [0.4, 0.5) is 5.82 Å². The van der Waals surface area contributed by atoms with Crippen LogP contribution in [0.25, 0.3) is 11.0 Å². The Hall–Kier alpha value is -2.02. The minimum Gasteiger partial charge on any atom is -0.368 e. The minimum absolute atomic E-state index is 0.805. The highest BCUT2D eigenvalue weighted by atomic mass is 32.1. The highest BCUT2D eigenvalue weighted by Gasteiger charge is 2.09. The first-order chi connectivity index (χ1) is 9.78. The van der Waals surface area contributed by atoms with E-state index >= 15 is 0 Å². The summed E-state index contributed by atoms with van der Waals surface area (Å²) < 4.78 is 1.91. The molecule has 3 rings (SSSR count). The van der Waals surface area contributed by atoms with E-state index in [9.17, 15) is 0 Å². The fraction of sp³-hybridized carbons (Fsp3) is 0.385. The monoisotopic (exact) mass is 288 g/mol. The van der Waals surface area contributed by atoms with E-state index in [0.29, 0.717) is 0 Å². The van der Waals surface area contributed by atoms with E-state index in [-0.39, 0.29) is 0 Å². The SMILES string of the molecule is CCn1ncc2ncnc(NCCc3cnc(C)s3)c21. The van der Waals surface area contributed by atoms with Gasteiger partial charge >= 0.3 is 0 Å². The van der Waals surface area contributed by atoms with Crippen molar-refractivity contribution in [1.82, 2.24) is 24.7 Å². The smallest absolute Gasteiger partial charge is 0.155 e. The van der Waals surface area contributed by atoms with Crippen LogP contribution in [0.5, 0.6) is 0 Å². The molecule has 3 aromatic heterocycles. The first kappa shape index (κ1) is 13.0. The molecule has 0 aliphatic heterocycles. The number of aryl methyl sites for hydroxylation is 2. The van der Waals surface area contributed by atoms with Gasteiger partial charge in [-0.15, -0.1) is 11.3 Å². The first-order valence-corrected chi connectivity index (χ1v) is 7.41. The summed E-state index contributed by atoms with van der Waals surface area (Å²) in [5.41, 5.74) is 1.84. The Morgan fingerprint density at radius 3 is 2.90 bits per heavy atom. The van der Waals surface area contributed by atoms with E-state index in [1.807, 2.05) is 17.8 Å². The quantitative estimate of drug-likeness (QED) is 0.780. The van der Waals surface area contributed by atoms with Crippen LogP contribution in [0.2, 0.25) is 0 Å². The zero-order chi connectivity index (χ0) is 13.9. The number of hydrogen-bond donors (Lipinski definition) is 1. The maximum absolute atomic E-state index is 4.33. The maximum Gasteiger partial charge on any atom is 0.155 e. The highest BCUT2D eigenvalue weighted by molar-refractivity contribution is 7.11. The number of aromatic nitrogens is 5. The van der Waals surface area contributed by atoms with Crippen molar-refractivity contribution < 1.29 is 0 Å². The van der Waals surface area contributed by atoms with E-state index in [1.54, 1.807) is 23.9 Å². The summed E-state index contributed by atoms with van der Waals surface area (Å²) in [7, 11) is 0. The summed E-state index contributed by atoms with van der Waals surface area (Å²) in [4.78, 5) is 14.1. The molecule has 6 nitrogen and oxygen atoms in total. The lowest BCUT2D eigenvalue weighted by Gasteiger charge is -2.07. The molecule has 0 atom stereocenters. The predicted octanol–water partition coefficient (Wildman–Crippen LogP) is 2.27. The average molecular weight is 288 g/mol. The van der Waals surface area contributed by atoms with Crippen LogP contribution in [0.3, 0.4) is 0 Å². The van der Waals surface area contributed by atoms with Gasteiger partial charge in [-0.25, -0.2) is 15.0 Å². The van der Waals surface area contributed by atoms with Crippen molar-refractivity contribution in [3.8, 4) is 0 Å². The lowest BCUT2D eigenvalue weighted by molar-refractivity contribution is 0.683. The molecule has 3 heterocycles. The van der Waals surface area contributed by atoms with Gasteiger partial charge in [-0.2, -0.15) is 5.10 Å². The maximum atomic E-state index is 4.33. The number of anilines is 1. The van der Waals surface area contributed by atoms with E-state index in [2.05, 4.69) is 32.3 Å². The van der Waals surface area contributed by atoms with Gasteiger partial charge in [0.05, 0.1) is 11.2 Å². The van der Waals surface area contributed by atoms with Crippen LogP contribution in [0.15, 0.2) is 18.7 Å². The molecular weight excluding hydrogens is 272 g/mol. The summed E-state index contributed by atoms with van der Waals surface area (Å²) in [6.45, 7) is 5.71. The van der Waals surface area contributed by atoms with Crippen LogP contribution in [0, 0.1) is 6.92 Å². The molecule has 3 aromatic rings. The molecule has 104 valence electrons. The minimum atomic E-state index is 0.805. The zero-order valence-corrected chi connectivity index (χ0v) is 12.3. The average Bonchev–Trinajstić information content (AvgIpc) is 3.05. The summed E-state index contributed by atoms with van der Waals surface area (Å²) in [6.07, 6.45) is 6.23. The molecule has 0 saturated heterocycles.